The van der Waals surface area contributed by atoms with E-state index in [1.54, 1.807) is 0 Å². The standard InChI is InChI=1S/C12H14N2O/c1-8-10-6-9-4-2-3-5-13-11(9)7-12(10)15-14-8/h6-7,13H,2-5H2,1H3. The van der Waals surface area contributed by atoms with E-state index < -0.39 is 0 Å². The van der Waals surface area contributed by atoms with Gasteiger partial charge in [-0.3, -0.25) is 0 Å². The molecule has 1 N–H and O–H groups in total. The molecule has 1 aliphatic heterocycles. The van der Waals surface area contributed by atoms with Crippen LogP contribution in [0.15, 0.2) is 16.7 Å². The molecule has 0 aliphatic carbocycles. The van der Waals surface area contributed by atoms with Gasteiger partial charge >= 0.3 is 0 Å². The summed E-state index contributed by atoms with van der Waals surface area (Å²) in [6.07, 6.45) is 3.66. The second kappa shape index (κ2) is 3.26. The van der Waals surface area contributed by atoms with E-state index in [-0.39, 0.29) is 0 Å². The van der Waals surface area contributed by atoms with Crippen LogP contribution in [-0.4, -0.2) is 11.7 Å². The highest BCUT2D eigenvalue weighted by molar-refractivity contribution is 5.84. The van der Waals surface area contributed by atoms with Crippen LogP contribution in [0.2, 0.25) is 0 Å². The van der Waals surface area contributed by atoms with Crippen molar-refractivity contribution in [2.75, 3.05) is 11.9 Å². The average molecular weight is 202 g/mol. The van der Waals surface area contributed by atoms with E-state index in [9.17, 15) is 0 Å². The molecule has 3 rings (SSSR count). The zero-order chi connectivity index (χ0) is 10.3. The zero-order valence-corrected chi connectivity index (χ0v) is 8.84. The Labute approximate surface area is 88.4 Å². The highest BCUT2D eigenvalue weighted by Crippen LogP contribution is 2.28. The van der Waals surface area contributed by atoms with Gasteiger partial charge in [0, 0.05) is 23.7 Å². The molecule has 3 nitrogen and oxygen atoms in total. The van der Waals surface area contributed by atoms with Crippen molar-refractivity contribution in [2.45, 2.75) is 26.2 Å². The Kier molecular flexibility index (Phi) is 1.91. The second-order valence-electron chi connectivity index (χ2n) is 4.16. The first kappa shape index (κ1) is 8.77. The maximum absolute atomic E-state index is 5.27. The van der Waals surface area contributed by atoms with Gasteiger partial charge in [0.15, 0.2) is 5.58 Å². The number of aromatic nitrogens is 1. The van der Waals surface area contributed by atoms with E-state index >= 15 is 0 Å². The molecule has 0 fully saturated rings. The van der Waals surface area contributed by atoms with Gasteiger partial charge in [0.2, 0.25) is 0 Å². The molecule has 1 aromatic carbocycles. The van der Waals surface area contributed by atoms with Crippen molar-refractivity contribution in [3.63, 3.8) is 0 Å². The van der Waals surface area contributed by atoms with Crippen LogP contribution in [-0.2, 0) is 6.42 Å². The molecule has 1 aliphatic rings. The summed E-state index contributed by atoms with van der Waals surface area (Å²) < 4.78 is 5.27. The fraction of sp³-hybridized carbons (Fsp3) is 0.417. The van der Waals surface area contributed by atoms with Crippen molar-refractivity contribution >= 4 is 16.7 Å². The van der Waals surface area contributed by atoms with Crippen LogP contribution in [0.25, 0.3) is 11.0 Å². The molecule has 0 unspecified atom stereocenters. The van der Waals surface area contributed by atoms with Crippen LogP contribution >= 0.6 is 0 Å². The first-order valence-electron chi connectivity index (χ1n) is 5.47. The molecule has 2 aromatic rings. The third-order valence-corrected chi connectivity index (χ3v) is 3.06. The highest BCUT2D eigenvalue weighted by Gasteiger charge is 2.12. The predicted molar refractivity (Wildman–Crippen MR) is 60.2 cm³/mol. The molecule has 0 spiro atoms. The fourth-order valence-corrected chi connectivity index (χ4v) is 2.18. The number of nitrogens with one attached hydrogen (secondary N) is 1. The third-order valence-electron chi connectivity index (χ3n) is 3.06. The molecule has 0 saturated heterocycles. The molecular weight excluding hydrogens is 188 g/mol. The molecular formula is C12H14N2O. The van der Waals surface area contributed by atoms with Crippen molar-refractivity contribution in [3.8, 4) is 0 Å². The number of aryl methyl sites for hydroxylation is 2. The van der Waals surface area contributed by atoms with Gasteiger partial charge in [0.05, 0.1) is 5.69 Å². The molecule has 0 atom stereocenters. The smallest absolute Gasteiger partial charge is 0.169 e. The maximum Gasteiger partial charge on any atom is 0.169 e. The number of rotatable bonds is 0. The highest BCUT2D eigenvalue weighted by atomic mass is 16.5. The molecule has 15 heavy (non-hydrogen) atoms. The molecule has 0 saturated carbocycles. The Morgan fingerprint density at radius 3 is 3.20 bits per heavy atom. The SMILES string of the molecule is Cc1noc2cc3c(cc12)CCCCN3. The predicted octanol–water partition coefficient (Wildman–Crippen LogP) is 2.88. The summed E-state index contributed by atoms with van der Waals surface area (Å²) >= 11 is 0. The fourth-order valence-electron chi connectivity index (χ4n) is 2.18. The lowest BCUT2D eigenvalue weighted by Gasteiger charge is -2.06. The molecule has 78 valence electrons. The zero-order valence-electron chi connectivity index (χ0n) is 8.84. The summed E-state index contributed by atoms with van der Waals surface area (Å²) in [5.41, 5.74) is 4.49. The third kappa shape index (κ3) is 1.39. The van der Waals surface area contributed by atoms with Crippen molar-refractivity contribution in [3.05, 3.63) is 23.4 Å². The number of hydrogen-bond donors (Lipinski definition) is 1. The minimum absolute atomic E-state index is 0.889. The Balaban J connectivity index is 2.22. The molecule has 3 heteroatoms. The average Bonchev–Trinajstić information content (AvgIpc) is 2.49. The summed E-state index contributed by atoms with van der Waals surface area (Å²) in [6, 6.07) is 4.30. The van der Waals surface area contributed by atoms with Crippen LogP contribution in [0.1, 0.15) is 24.1 Å². The van der Waals surface area contributed by atoms with E-state index in [4.69, 9.17) is 4.52 Å². The number of hydrogen-bond acceptors (Lipinski definition) is 3. The number of anilines is 1. The summed E-state index contributed by atoms with van der Waals surface area (Å²) in [5, 5.41) is 8.58. The largest absolute Gasteiger partial charge is 0.385 e. The van der Waals surface area contributed by atoms with Crippen LogP contribution in [0, 0.1) is 6.92 Å². The van der Waals surface area contributed by atoms with Crippen molar-refractivity contribution in [2.24, 2.45) is 0 Å². The van der Waals surface area contributed by atoms with Crippen LogP contribution < -0.4 is 5.32 Å². The molecule has 1 aromatic heterocycles. The normalized spacial score (nSPS) is 15.8. The van der Waals surface area contributed by atoms with Crippen LogP contribution in [0.5, 0.6) is 0 Å². The summed E-state index contributed by atoms with van der Waals surface area (Å²) in [5.74, 6) is 0. The van der Waals surface area contributed by atoms with Gasteiger partial charge in [0.25, 0.3) is 0 Å². The minimum Gasteiger partial charge on any atom is -0.385 e. The summed E-state index contributed by atoms with van der Waals surface area (Å²) in [6.45, 7) is 3.05. The Morgan fingerprint density at radius 1 is 1.33 bits per heavy atom. The van der Waals surface area contributed by atoms with Gasteiger partial charge in [0.1, 0.15) is 0 Å². The van der Waals surface area contributed by atoms with Gasteiger partial charge in [-0.05, 0) is 37.8 Å². The lowest BCUT2D eigenvalue weighted by atomic mass is 10.0. The van der Waals surface area contributed by atoms with Crippen LogP contribution in [0.3, 0.4) is 0 Å². The van der Waals surface area contributed by atoms with E-state index in [1.807, 2.05) is 6.92 Å². The lowest BCUT2D eigenvalue weighted by Crippen LogP contribution is -1.99. The van der Waals surface area contributed by atoms with Crippen molar-refractivity contribution in [1.29, 1.82) is 0 Å². The first-order chi connectivity index (χ1) is 7.34. The van der Waals surface area contributed by atoms with Crippen molar-refractivity contribution in [1.82, 2.24) is 5.16 Å². The summed E-state index contributed by atoms with van der Waals surface area (Å²) in [7, 11) is 0. The summed E-state index contributed by atoms with van der Waals surface area (Å²) in [4.78, 5) is 0. The number of fused-ring (bicyclic) bond motifs is 2. The topological polar surface area (TPSA) is 38.1 Å². The Bertz CT molecular complexity index is 502. The van der Waals surface area contributed by atoms with Gasteiger partial charge in [-0.15, -0.1) is 0 Å². The van der Waals surface area contributed by atoms with Crippen LogP contribution in [0.4, 0.5) is 5.69 Å². The monoisotopic (exact) mass is 202 g/mol. The minimum atomic E-state index is 0.889. The van der Waals surface area contributed by atoms with E-state index in [0.29, 0.717) is 0 Å². The first-order valence-corrected chi connectivity index (χ1v) is 5.47. The molecule has 0 amide bonds. The van der Waals surface area contributed by atoms with Gasteiger partial charge in [-0.25, -0.2) is 0 Å². The molecule has 0 radical (unpaired) electrons. The maximum atomic E-state index is 5.27. The van der Waals surface area contributed by atoms with E-state index in [0.717, 1.165) is 29.6 Å². The van der Waals surface area contributed by atoms with E-state index in [2.05, 4.69) is 22.6 Å². The van der Waals surface area contributed by atoms with E-state index in [1.165, 1.54) is 24.1 Å². The quantitative estimate of drug-likeness (QED) is 0.713. The number of benzene rings is 1. The van der Waals surface area contributed by atoms with Crippen molar-refractivity contribution < 1.29 is 4.52 Å². The second-order valence-corrected chi connectivity index (χ2v) is 4.16. The number of nitrogens with zero attached hydrogens (tertiary/aromatic N) is 1. The van der Waals surface area contributed by atoms with Gasteiger partial charge in [-0.1, -0.05) is 5.16 Å². The van der Waals surface area contributed by atoms with Gasteiger partial charge < -0.3 is 9.84 Å². The van der Waals surface area contributed by atoms with Gasteiger partial charge in [-0.2, -0.15) is 0 Å². The molecule has 2 heterocycles. The Morgan fingerprint density at radius 2 is 2.27 bits per heavy atom. The Hall–Kier alpha value is -1.51. The lowest BCUT2D eigenvalue weighted by molar-refractivity contribution is 0.450. The molecule has 0 bridgehead atoms.